The molecule has 0 radical (unpaired) electrons. The first-order chi connectivity index (χ1) is 14.0. The molecule has 1 aromatic carbocycles. The minimum atomic E-state index is -0.171. The molecule has 1 aromatic heterocycles. The fourth-order valence-electron chi connectivity index (χ4n) is 4.07. The average molecular weight is 397 g/mol. The van der Waals surface area contributed by atoms with E-state index in [1.54, 1.807) is 13.0 Å². The second kappa shape index (κ2) is 8.34. The Labute approximate surface area is 170 Å². The zero-order valence-electron chi connectivity index (χ0n) is 16.9. The summed E-state index contributed by atoms with van der Waals surface area (Å²) in [6.45, 7) is 7.85. The number of piperazine rings is 1. The predicted octanol–water partition coefficient (Wildman–Crippen LogP) is 1.52. The number of rotatable bonds is 5. The Kier molecular flexibility index (Phi) is 5.64. The first-order valence-corrected chi connectivity index (χ1v) is 10.1. The lowest BCUT2D eigenvalue weighted by molar-refractivity contribution is -0.124. The van der Waals surface area contributed by atoms with Crippen LogP contribution in [0.4, 0.5) is 11.5 Å². The second-order valence-corrected chi connectivity index (χ2v) is 7.73. The molecule has 2 aliphatic heterocycles. The molecule has 8 heteroatoms. The number of para-hydroxylation sites is 1. The van der Waals surface area contributed by atoms with E-state index in [-0.39, 0.29) is 17.9 Å². The number of carbonyl (C=O) groups excluding carboxylic acids is 2. The molecule has 1 fully saturated rings. The molecule has 1 atom stereocenters. The molecule has 1 unspecified atom stereocenters. The van der Waals surface area contributed by atoms with Gasteiger partial charge in [0.2, 0.25) is 11.8 Å². The number of fused-ring (bicyclic) bond motifs is 1. The van der Waals surface area contributed by atoms with E-state index in [9.17, 15) is 9.59 Å². The van der Waals surface area contributed by atoms with Gasteiger partial charge in [0.1, 0.15) is 5.76 Å². The average Bonchev–Trinajstić information content (AvgIpc) is 3.33. The van der Waals surface area contributed by atoms with Crippen molar-refractivity contribution in [2.75, 3.05) is 49.5 Å². The normalized spacial score (nSPS) is 18.5. The monoisotopic (exact) mass is 397 g/mol. The van der Waals surface area contributed by atoms with Gasteiger partial charge in [0.25, 0.3) is 0 Å². The molecule has 4 rings (SSSR count). The summed E-state index contributed by atoms with van der Waals surface area (Å²) in [6.07, 6.45) is 0.919. The first-order valence-electron chi connectivity index (χ1n) is 10.1. The molecule has 0 aliphatic carbocycles. The smallest absolute Gasteiger partial charge is 0.244 e. The third-order valence-electron chi connectivity index (χ3n) is 5.73. The van der Waals surface area contributed by atoms with Crippen LogP contribution in [0.2, 0.25) is 0 Å². The molecule has 2 amide bonds. The number of hydrogen-bond donors (Lipinski definition) is 1. The van der Waals surface area contributed by atoms with Crippen molar-refractivity contribution >= 4 is 23.3 Å². The van der Waals surface area contributed by atoms with Crippen LogP contribution >= 0.6 is 0 Å². The van der Waals surface area contributed by atoms with Crippen LogP contribution < -0.4 is 10.2 Å². The maximum atomic E-state index is 13.1. The minimum Gasteiger partial charge on any atom is -0.360 e. The fourth-order valence-corrected chi connectivity index (χ4v) is 4.07. The van der Waals surface area contributed by atoms with Gasteiger partial charge in [-0.05, 0) is 31.9 Å². The van der Waals surface area contributed by atoms with Crippen LogP contribution in [-0.2, 0) is 16.0 Å². The number of aromatic nitrogens is 1. The van der Waals surface area contributed by atoms with E-state index in [1.165, 1.54) is 5.56 Å². The highest BCUT2D eigenvalue weighted by Gasteiger charge is 2.32. The molecular formula is C21H27N5O3. The van der Waals surface area contributed by atoms with E-state index < -0.39 is 0 Å². The summed E-state index contributed by atoms with van der Waals surface area (Å²) in [6, 6.07) is 9.65. The van der Waals surface area contributed by atoms with Crippen LogP contribution in [0.3, 0.4) is 0 Å². The van der Waals surface area contributed by atoms with Crippen molar-refractivity contribution in [2.45, 2.75) is 26.3 Å². The van der Waals surface area contributed by atoms with Crippen LogP contribution in [0.1, 0.15) is 18.2 Å². The Morgan fingerprint density at radius 2 is 1.93 bits per heavy atom. The molecular weight excluding hydrogens is 370 g/mol. The lowest BCUT2D eigenvalue weighted by atomic mass is 10.1. The molecule has 2 aromatic rings. The van der Waals surface area contributed by atoms with Gasteiger partial charge in [0, 0.05) is 44.5 Å². The van der Waals surface area contributed by atoms with E-state index in [0.29, 0.717) is 18.1 Å². The van der Waals surface area contributed by atoms with Gasteiger partial charge in [-0.2, -0.15) is 0 Å². The summed E-state index contributed by atoms with van der Waals surface area (Å²) < 4.78 is 4.96. The van der Waals surface area contributed by atoms with Crippen molar-refractivity contribution in [1.29, 1.82) is 0 Å². The summed E-state index contributed by atoms with van der Waals surface area (Å²) in [7, 11) is 0. The summed E-state index contributed by atoms with van der Waals surface area (Å²) in [5, 5.41) is 6.53. The van der Waals surface area contributed by atoms with Gasteiger partial charge >= 0.3 is 0 Å². The molecule has 3 heterocycles. The third kappa shape index (κ3) is 4.33. The van der Waals surface area contributed by atoms with Gasteiger partial charge in [0.05, 0.1) is 12.6 Å². The van der Waals surface area contributed by atoms with Gasteiger partial charge in [-0.3, -0.25) is 19.4 Å². The number of hydrogen-bond acceptors (Lipinski definition) is 6. The molecule has 0 spiro atoms. The largest absolute Gasteiger partial charge is 0.360 e. The highest BCUT2D eigenvalue weighted by molar-refractivity contribution is 5.98. The van der Waals surface area contributed by atoms with Crippen LogP contribution in [0.25, 0.3) is 0 Å². The second-order valence-electron chi connectivity index (χ2n) is 7.73. The standard InChI is InChI=1S/C21H27N5O3/c1-15-13-19(23-29-15)22-20(27)14-24-9-11-25(12-10-24)16(2)21(28)26-8-7-17-5-3-4-6-18(17)26/h3-6,13,16H,7-12,14H2,1-2H3,(H,22,23,27). The maximum Gasteiger partial charge on any atom is 0.244 e. The van der Waals surface area contributed by atoms with Gasteiger partial charge in [-0.25, -0.2) is 0 Å². The molecule has 2 aliphatic rings. The fraction of sp³-hybridized carbons (Fsp3) is 0.476. The Hall–Kier alpha value is -2.71. The van der Waals surface area contributed by atoms with Crippen LogP contribution in [0.15, 0.2) is 34.9 Å². The molecule has 1 saturated heterocycles. The van der Waals surface area contributed by atoms with Crippen molar-refractivity contribution in [2.24, 2.45) is 0 Å². The van der Waals surface area contributed by atoms with Gasteiger partial charge < -0.3 is 14.7 Å². The molecule has 154 valence electrons. The molecule has 29 heavy (non-hydrogen) atoms. The Balaban J connectivity index is 1.27. The van der Waals surface area contributed by atoms with E-state index in [2.05, 4.69) is 26.3 Å². The molecule has 1 N–H and O–H groups in total. The first kappa shape index (κ1) is 19.6. The highest BCUT2D eigenvalue weighted by atomic mass is 16.5. The summed E-state index contributed by atoms with van der Waals surface area (Å²) >= 11 is 0. The summed E-state index contributed by atoms with van der Waals surface area (Å²) in [5.74, 6) is 1.15. The zero-order chi connectivity index (χ0) is 20.4. The number of nitrogens with one attached hydrogen (secondary N) is 1. The Morgan fingerprint density at radius 1 is 1.17 bits per heavy atom. The maximum absolute atomic E-state index is 13.1. The number of amides is 2. The number of anilines is 2. The third-order valence-corrected chi connectivity index (χ3v) is 5.73. The van der Waals surface area contributed by atoms with Crippen LogP contribution in [0, 0.1) is 6.92 Å². The zero-order valence-corrected chi connectivity index (χ0v) is 16.9. The van der Waals surface area contributed by atoms with Gasteiger partial charge in [-0.1, -0.05) is 23.4 Å². The minimum absolute atomic E-state index is 0.107. The number of nitrogens with zero attached hydrogens (tertiary/aromatic N) is 4. The Bertz CT molecular complexity index is 888. The highest BCUT2D eigenvalue weighted by Crippen LogP contribution is 2.28. The van der Waals surface area contributed by atoms with Crippen molar-refractivity contribution < 1.29 is 14.1 Å². The van der Waals surface area contributed by atoms with E-state index in [4.69, 9.17) is 4.52 Å². The van der Waals surface area contributed by atoms with Crippen molar-refractivity contribution in [1.82, 2.24) is 15.0 Å². The van der Waals surface area contributed by atoms with Gasteiger partial charge in [0.15, 0.2) is 5.82 Å². The van der Waals surface area contributed by atoms with Gasteiger partial charge in [-0.15, -0.1) is 0 Å². The van der Waals surface area contributed by atoms with Crippen molar-refractivity contribution in [3.63, 3.8) is 0 Å². The lowest BCUT2D eigenvalue weighted by Crippen LogP contribution is -2.55. The van der Waals surface area contributed by atoms with Crippen LogP contribution in [-0.4, -0.2) is 72.1 Å². The Morgan fingerprint density at radius 3 is 2.66 bits per heavy atom. The van der Waals surface area contributed by atoms with Crippen molar-refractivity contribution in [3.05, 3.63) is 41.7 Å². The van der Waals surface area contributed by atoms with Crippen molar-refractivity contribution in [3.8, 4) is 0 Å². The molecule has 0 saturated carbocycles. The number of benzene rings is 1. The predicted molar refractivity (Wildman–Crippen MR) is 110 cm³/mol. The SMILES string of the molecule is Cc1cc(NC(=O)CN2CCN(C(C)C(=O)N3CCc4ccccc43)CC2)no1. The molecule has 0 bridgehead atoms. The number of aryl methyl sites for hydroxylation is 1. The lowest BCUT2D eigenvalue weighted by Gasteiger charge is -2.38. The quantitative estimate of drug-likeness (QED) is 0.824. The van der Waals surface area contributed by atoms with E-state index >= 15 is 0 Å². The number of carbonyl (C=O) groups is 2. The summed E-state index contributed by atoms with van der Waals surface area (Å²) in [4.78, 5) is 31.5. The topological polar surface area (TPSA) is 81.9 Å². The summed E-state index contributed by atoms with van der Waals surface area (Å²) in [5.41, 5.74) is 2.29. The van der Waals surface area contributed by atoms with Crippen LogP contribution in [0.5, 0.6) is 0 Å². The van der Waals surface area contributed by atoms with E-state index in [1.807, 2.05) is 30.0 Å². The van der Waals surface area contributed by atoms with E-state index in [0.717, 1.165) is 44.8 Å². The molecule has 8 nitrogen and oxygen atoms in total.